The minimum absolute atomic E-state index is 0.526. The lowest BCUT2D eigenvalue weighted by atomic mass is 10.2. The van der Waals surface area contributed by atoms with Crippen LogP contribution >= 0.6 is 50.5 Å². The number of hydrogen-bond donors (Lipinski definition) is 25. The number of thiol groups is 4. The summed E-state index contributed by atoms with van der Waals surface area (Å²) in [5.41, 5.74) is 0. The quantitative estimate of drug-likeness (QED) is 0.0479. The van der Waals surface area contributed by atoms with E-state index in [0.29, 0.717) is 0 Å². The minimum Gasteiger partial charge on any atom is -0.480 e. The first-order valence-corrected chi connectivity index (χ1v) is 15.4. The van der Waals surface area contributed by atoms with E-state index in [2.05, 4.69) is 50.5 Å². The van der Waals surface area contributed by atoms with Crippen LogP contribution in [-0.2, 0) is 4.79 Å². The van der Waals surface area contributed by atoms with Gasteiger partial charge in [-0.25, -0.2) is 4.79 Å². The van der Waals surface area contributed by atoms with E-state index in [4.69, 9.17) is 107 Å². The predicted octanol–water partition coefficient (Wildman–Crippen LogP) is -10.7. The molecule has 0 aromatic carbocycles. The van der Waals surface area contributed by atoms with Gasteiger partial charge in [-0.2, -0.15) is 25.3 Å². The van der Waals surface area contributed by atoms with Gasteiger partial charge in [0.2, 0.25) is 0 Å². The molecule has 21 N–H and O–H groups in total. The largest absolute Gasteiger partial charge is 0.480 e. The zero-order valence-electron chi connectivity index (χ0n) is 26.0. The number of carboxylic acid groups (broad SMARTS) is 1. The fraction of sp³-hybridized carbons (Fsp3) is 0.957. The van der Waals surface area contributed by atoms with Crippen molar-refractivity contribution in [3.8, 4) is 0 Å². The van der Waals surface area contributed by atoms with Crippen LogP contribution in [0.2, 0.25) is 0 Å². The van der Waals surface area contributed by atoms with Gasteiger partial charge in [0.25, 0.3) is 0 Å². The molecule has 0 radical (unpaired) electrons. The molecule has 0 spiro atoms. The summed E-state index contributed by atoms with van der Waals surface area (Å²) in [5.74, 6) is -1.15. The van der Waals surface area contributed by atoms with Gasteiger partial charge in [0, 0.05) is 0 Å². The summed E-state index contributed by atoms with van der Waals surface area (Å²) in [6, 6.07) is 0. The molecule has 0 aliphatic heterocycles. The second kappa shape index (κ2) is 39.3. The van der Waals surface area contributed by atoms with Crippen LogP contribution in [0, 0.1) is 0 Å². The average Bonchev–Trinajstić information content (AvgIpc) is 3.12. The highest BCUT2D eigenvalue weighted by atomic mass is 32.2. The fourth-order valence-electron chi connectivity index (χ4n) is 1.33. The summed E-state index contributed by atoms with van der Waals surface area (Å²) in [5, 5.41) is 174. The van der Waals surface area contributed by atoms with Gasteiger partial charge in [0.15, 0.2) is 4.08 Å². The molecule has 0 aromatic rings. The number of aliphatic hydroxyl groups excluding tert-OH is 20. The molecule has 0 saturated heterocycles. The van der Waals surface area contributed by atoms with Crippen molar-refractivity contribution >= 4 is 56.5 Å². The van der Waals surface area contributed by atoms with Crippen LogP contribution < -0.4 is 0 Å². The Hall–Kier alpha value is 0.0700. The maximum absolute atomic E-state index is 10.2. The van der Waals surface area contributed by atoms with Crippen LogP contribution in [0.15, 0.2) is 0 Å². The van der Waals surface area contributed by atoms with Crippen LogP contribution in [0.4, 0.5) is 0 Å². The van der Waals surface area contributed by atoms with E-state index in [-0.39, 0.29) is 0 Å². The summed E-state index contributed by atoms with van der Waals surface area (Å²) in [6.45, 7) is -5.26. The van der Waals surface area contributed by atoms with E-state index in [1.807, 2.05) is 0 Å². The highest BCUT2D eigenvalue weighted by Crippen LogP contribution is 2.30. The molecular formula is C23H56O22S4. The summed E-state index contributed by atoms with van der Waals surface area (Å²) in [4.78, 5) is 10.2. The Kier molecular flexibility index (Phi) is 49.0. The van der Waals surface area contributed by atoms with Gasteiger partial charge >= 0.3 is 5.97 Å². The third-order valence-corrected chi connectivity index (χ3v) is 7.25. The van der Waals surface area contributed by atoms with Gasteiger partial charge in [-0.15, -0.1) is 25.3 Å². The third-order valence-electron chi connectivity index (χ3n) is 4.77. The summed E-state index contributed by atoms with van der Waals surface area (Å²) in [6.07, 6.45) is -12.2. The van der Waals surface area contributed by atoms with E-state index >= 15 is 0 Å². The molecule has 0 fully saturated rings. The van der Waals surface area contributed by atoms with Crippen LogP contribution in [-0.4, -0.2) is 249 Å². The number of aliphatic carboxylic acids is 1. The molecule has 22 nitrogen and oxygen atoms in total. The van der Waals surface area contributed by atoms with Crippen molar-refractivity contribution in [3.63, 3.8) is 0 Å². The zero-order chi connectivity index (χ0) is 40.5. The summed E-state index contributed by atoms with van der Waals surface area (Å²) >= 11 is 14.9. The molecule has 10 atom stereocenters. The first-order valence-electron chi connectivity index (χ1n) is 13.4. The lowest BCUT2D eigenvalue weighted by molar-refractivity contribution is -0.136. The maximum Gasteiger partial charge on any atom is 0.331 e. The van der Waals surface area contributed by atoms with Gasteiger partial charge in [-0.1, -0.05) is 0 Å². The smallest absolute Gasteiger partial charge is 0.331 e. The molecule has 0 amide bonds. The van der Waals surface area contributed by atoms with E-state index in [1.165, 1.54) is 0 Å². The normalized spacial score (nSPS) is 16.9. The van der Waals surface area contributed by atoms with Crippen LogP contribution in [0.25, 0.3) is 0 Å². The molecule has 304 valence electrons. The Balaban J connectivity index is -0.000000113. The highest BCUT2D eigenvalue weighted by Gasteiger charge is 2.35. The molecule has 0 rings (SSSR count). The van der Waals surface area contributed by atoms with Crippen molar-refractivity contribution < 1.29 is 112 Å². The second-order valence-electron chi connectivity index (χ2n) is 8.90. The number of rotatable bonds is 17. The lowest BCUT2D eigenvalue weighted by Crippen LogP contribution is -2.32. The van der Waals surface area contributed by atoms with E-state index in [1.54, 1.807) is 0 Å². The van der Waals surface area contributed by atoms with E-state index < -0.39 is 142 Å². The summed E-state index contributed by atoms with van der Waals surface area (Å²) in [7, 11) is 0. The Morgan fingerprint density at radius 1 is 0.367 bits per heavy atom. The fourth-order valence-corrected chi connectivity index (χ4v) is 1.55. The number of hydrogen-bond acceptors (Lipinski definition) is 25. The minimum atomic E-state index is -1.47. The Morgan fingerprint density at radius 2 is 0.469 bits per heavy atom. The second-order valence-corrected chi connectivity index (χ2v) is 12.1. The molecule has 0 unspecified atom stereocenters. The Labute approximate surface area is 303 Å². The molecule has 0 heterocycles. The SMILES string of the molecule is O=C(O)C(S)(S)C(S)S.OC[C@@H](O)[C@@H](O)CO.OC[C@@H](O)[C@@H](O)CO.OC[C@@H](O)[C@@H](O)CO.OC[C@@H](O)[C@@H](O)CO.OC[C@@H](O)[C@@H](O)CO. The van der Waals surface area contributed by atoms with Crippen molar-refractivity contribution in [2.75, 3.05) is 66.1 Å². The molecule has 0 aliphatic rings. The average molecular weight is 813 g/mol. The van der Waals surface area contributed by atoms with Gasteiger partial charge in [-0.3, -0.25) is 0 Å². The van der Waals surface area contributed by atoms with Gasteiger partial charge in [-0.05, 0) is 0 Å². The molecule has 0 aromatic heterocycles. The number of carboxylic acids is 1. The molecule has 0 saturated carbocycles. The van der Waals surface area contributed by atoms with Crippen molar-refractivity contribution in [2.24, 2.45) is 0 Å². The maximum atomic E-state index is 10.2. The monoisotopic (exact) mass is 812 g/mol. The molecule has 26 heteroatoms. The Bertz CT molecular complexity index is 558. The highest BCUT2D eigenvalue weighted by molar-refractivity contribution is 8.08. The first kappa shape index (κ1) is 61.1. The summed E-state index contributed by atoms with van der Waals surface area (Å²) < 4.78 is -2.16. The van der Waals surface area contributed by atoms with E-state index in [0.717, 1.165) is 0 Å². The molecule has 49 heavy (non-hydrogen) atoms. The van der Waals surface area contributed by atoms with Crippen molar-refractivity contribution in [2.45, 2.75) is 69.7 Å². The van der Waals surface area contributed by atoms with Crippen LogP contribution in [0.1, 0.15) is 0 Å². The first-order chi connectivity index (χ1) is 22.5. The Morgan fingerprint density at radius 3 is 0.490 bits per heavy atom. The molecule has 0 aliphatic carbocycles. The zero-order valence-corrected chi connectivity index (χ0v) is 29.6. The topological polar surface area (TPSA) is 442 Å². The number of aliphatic hydroxyl groups is 20. The molecule has 0 bridgehead atoms. The van der Waals surface area contributed by atoms with Gasteiger partial charge < -0.3 is 107 Å². The molecular weight excluding hydrogens is 756 g/mol. The van der Waals surface area contributed by atoms with E-state index in [9.17, 15) is 4.79 Å². The van der Waals surface area contributed by atoms with Crippen molar-refractivity contribution in [1.82, 2.24) is 0 Å². The van der Waals surface area contributed by atoms with Crippen molar-refractivity contribution in [3.05, 3.63) is 0 Å². The van der Waals surface area contributed by atoms with Crippen LogP contribution in [0.5, 0.6) is 0 Å². The third kappa shape index (κ3) is 37.6. The number of carbonyl (C=O) groups is 1. The standard InChI is InChI=1S/5C4H10O4.C3H6O2S4/c5*5-1-3(7)4(8)2-6;4-1(5)3(8,9)2(6)7/h5*3-8H,1-2H2;2,6-9H,(H,4,5)/t5*3-,4+;. The van der Waals surface area contributed by atoms with Crippen LogP contribution in [0.3, 0.4) is 0 Å². The van der Waals surface area contributed by atoms with Crippen molar-refractivity contribution in [1.29, 1.82) is 0 Å². The van der Waals surface area contributed by atoms with Gasteiger partial charge in [0.05, 0.1) is 70.7 Å². The lowest BCUT2D eigenvalue weighted by Gasteiger charge is -2.19. The predicted molar refractivity (Wildman–Crippen MR) is 181 cm³/mol. The van der Waals surface area contributed by atoms with Gasteiger partial charge in [0.1, 0.15) is 61.0 Å².